The molecule has 22 heavy (non-hydrogen) atoms. The van der Waals surface area contributed by atoms with Crippen molar-refractivity contribution in [3.05, 3.63) is 29.7 Å². The lowest BCUT2D eigenvalue weighted by Gasteiger charge is -2.34. The maximum Gasteiger partial charge on any atom is 0.323 e. The Bertz CT molecular complexity index is 623. The second kappa shape index (κ2) is 6.69. The number of nitrogens with zero attached hydrogens (tertiary/aromatic N) is 5. The molecule has 0 saturated carbocycles. The van der Waals surface area contributed by atoms with Crippen molar-refractivity contribution in [2.24, 2.45) is 0 Å². The van der Waals surface area contributed by atoms with Crippen LogP contribution in [0.1, 0.15) is 11.8 Å². The summed E-state index contributed by atoms with van der Waals surface area (Å²) in [7, 11) is 0. The molecule has 0 spiro atoms. The average Bonchev–Trinajstić information content (AvgIpc) is 3.03. The van der Waals surface area contributed by atoms with Crippen LogP contribution in [0.15, 0.2) is 24.8 Å². The minimum Gasteiger partial charge on any atom is -0.352 e. The average molecular weight is 318 g/mol. The van der Waals surface area contributed by atoms with Gasteiger partial charge in [-0.15, -0.1) is 11.3 Å². The molecule has 0 aromatic carbocycles. The first kappa shape index (κ1) is 14.7. The van der Waals surface area contributed by atoms with Crippen LogP contribution in [0.3, 0.4) is 0 Å². The summed E-state index contributed by atoms with van der Waals surface area (Å²) in [6.07, 6.45) is 7.84. The number of urea groups is 1. The van der Waals surface area contributed by atoms with E-state index in [0.29, 0.717) is 18.2 Å². The maximum atomic E-state index is 12.2. The van der Waals surface area contributed by atoms with E-state index < -0.39 is 0 Å². The summed E-state index contributed by atoms with van der Waals surface area (Å²) in [5.74, 6) is 0.857. The SMILES string of the molecule is CCc1cnc(NC(=O)N2CCN(c3cnccn3)CC2)s1. The van der Waals surface area contributed by atoms with Crippen LogP contribution in [0.4, 0.5) is 15.7 Å². The van der Waals surface area contributed by atoms with Crippen LogP contribution in [0.2, 0.25) is 0 Å². The molecule has 2 aromatic heterocycles. The van der Waals surface area contributed by atoms with Gasteiger partial charge in [0.25, 0.3) is 0 Å². The van der Waals surface area contributed by atoms with Gasteiger partial charge < -0.3 is 9.80 Å². The summed E-state index contributed by atoms with van der Waals surface area (Å²) < 4.78 is 0. The van der Waals surface area contributed by atoms with Gasteiger partial charge in [-0.3, -0.25) is 10.3 Å². The van der Waals surface area contributed by atoms with Gasteiger partial charge in [-0.05, 0) is 6.42 Å². The van der Waals surface area contributed by atoms with Crippen molar-refractivity contribution >= 4 is 28.3 Å². The van der Waals surface area contributed by atoms with Gasteiger partial charge in [0.1, 0.15) is 5.82 Å². The highest BCUT2D eigenvalue weighted by atomic mass is 32.1. The highest BCUT2D eigenvalue weighted by Gasteiger charge is 2.22. The van der Waals surface area contributed by atoms with E-state index in [-0.39, 0.29) is 6.03 Å². The predicted molar refractivity (Wildman–Crippen MR) is 86.3 cm³/mol. The number of thiazole rings is 1. The molecule has 1 fully saturated rings. The Morgan fingerprint density at radius 3 is 2.68 bits per heavy atom. The number of aromatic nitrogens is 3. The molecule has 3 rings (SSSR count). The van der Waals surface area contributed by atoms with Gasteiger partial charge in [-0.2, -0.15) is 0 Å². The highest BCUT2D eigenvalue weighted by Crippen LogP contribution is 2.19. The molecular weight excluding hydrogens is 300 g/mol. The number of carbonyl (C=O) groups is 1. The van der Waals surface area contributed by atoms with Crippen LogP contribution in [0.25, 0.3) is 0 Å². The molecular formula is C14H18N6OS. The molecule has 8 heteroatoms. The molecule has 1 aliphatic rings. The summed E-state index contributed by atoms with van der Waals surface area (Å²) in [5.41, 5.74) is 0. The van der Waals surface area contributed by atoms with Crippen LogP contribution in [0.5, 0.6) is 0 Å². The normalized spacial score (nSPS) is 15.0. The quantitative estimate of drug-likeness (QED) is 0.935. The number of rotatable bonds is 3. The number of amides is 2. The van der Waals surface area contributed by atoms with Gasteiger partial charge in [0.05, 0.1) is 6.20 Å². The summed E-state index contributed by atoms with van der Waals surface area (Å²) >= 11 is 1.52. The van der Waals surface area contributed by atoms with Gasteiger partial charge >= 0.3 is 6.03 Å². The fraction of sp³-hybridized carbons (Fsp3) is 0.429. The van der Waals surface area contributed by atoms with Gasteiger partial charge in [-0.1, -0.05) is 6.92 Å². The first-order valence-corrected chi connectivity index (χ1v) is 8.09. The van der Waals surface area contributed by atoms with Crippen LogP contribution in [-0.4, -0.2) is 52.1 Å². The minimum absolute atomic E-state index is 0.0872. The molecule has 0 aliphatic carbocycles. The standard InChI is InChI=1S/C14H18N6OS/c1-2-11-9-17-13(22-11)18-14(21)20-7-5-19(6-8-20)12-10-15-3-4-16-12/h3-4,9-10H,2,5-8H2,1H3,(H,17,18,21). The lowest BCUT2D eigenvalue weighted by molar-refractivity contribution is 0.208. The summed E-state index contributed by atoms with van der Waals surface area (Å²) in [5, 5.41) is 3.53. The summed E-state index contributed by atoms with van der Waals surface area (Å²) in [6.45, 7) is 4.90. The molecule has 0 unspecified atom stereocenters. The zero-order valence-electron chi connectivity index (χ0n) is 12.4. The van der Waals surface area contributed by atoms with E-state index in [1.54, 1.807) is 23.5 Å². The molecule has 3 heterocycles. The van der Waals surface area contributed by atoms with Crippen molar-refractivity contribution in [3.63, 3.8) is 0 Å². The van der Waals surface area contributed by atoms with Crippen molar-refractivity contribution < 1.29 is 4.79 Å². The van der Waals surface area contributed by atoms with E-state index in [1.165, 1.54) is 16.2 Å². The van der Waals surface area contributed by atoms with Gasteiger partial charge in [-0.25, -0.2) is 14.8 Å². The van der Waals surface area contributed by atoms with Crippen molar-refractivity contribution in [2.75, 3.05) is 36.4 Å². The predicted octanol–water partition coefficient (Wildman–Crippen LogP) is 1.85. The van der Waals surface area contributed by atoms with Crippen LogP contribution in [0, 0.1) is 0 Å². The molecule has 0 bridgehead atoms. The number of carbonyl (C=O) groups excluding carboxylic acids is 1. The number of anilines is 2. The number of hydrogen-bond donors (Lipinski definition) is 1. The van der Waals surface area contributed by atoms with E-state index in [2.05, 4.69) is 32.1 Å². The third kappa shape index (κ3) is 3.33. The molecule has 7 nitrogen and oxygen atoms in total. The van der Waals surface area contributed by atoms with Crippen molar-refractivity contribution in [1.82, 2.24) is 19.9 Å². The summed E-state index contributed by atoms with van der Waals surface area (Å²) in [4.78, 5) is 29.9. The van der Waals surface area contributed by atoms with E-state index in [1.807, 2.05) is 6.20 Å². The number of nitrogens with one attached hydrogen (secondary N) is 1. The molecule has 1 saturated heterocycles. The third-order valence-electron chi connectivity index (χ3n) is 3.56. The van der Waals surface area contributed by atoms with Gasteiger partial charge in [0.2, 0.25) is 0 Å². The first-order chi connectivity index (χ1) is 10.8. The van der Waals surface area contributed by atoms with Gasteiger partial charge in [0, 0.05) is 49.6 Å². The second-order valence-corrected chi connectivity index (χ2v) is 6.07. The van der Waals surface area contributed by atoms with Crippen LogP contribution in [-0.2, 0) is 6.42 Å². The molecule has 0 radical (unpaired) electrons. The molecule has 1 aliphatic heterocycles. The fourth-order valence-corrected chi connectivity index (χ4v) is 3.03. The summed E-state index contributed by atoms with van der Waals surface area (Å²) in [6, 6.07) is -0.0872. The molecule has 1 N–H and O–H groups in total. The Hall–Kier alpha value is -2.22. The minimum atomic E-state index is -0.0872. The van der Waals surface area contributed by atoms with Crippen LogP contribution >= 0.6 is 11.3 Å². The van der Waals surface area contributed by atoms with E-state index in [9.17, 15) is 4.79 Å². The topological polar surface area (TPSA) is 74.2 Å². The van der Waals surface area contributed by atoms with Gasteiger partial charge in [0.15, 0.2) is 5.13 Å². The number of aryl methyl sites for hydroxylation is 1. The van der Waals surface area contributed by atoms with Crippen molar-refractivity contribution in [2.45, 2.75) is 13.3 Å². The molecule has 2 amide bonds. The number of hydrogen-bond acceptors (Lipinski definition) is 6. The first-order valence-electron chi connectivity index (χ1n) is 7.28. The maximum absolute atomic E-state index is 12.2. The largest absolute Gasteiger partial charge is 0.352 e. The Morgan fingerprint density at radius 1 is 1.23 bits per heavy atom. The monoisotopic (exact) mass is 318 g/mol. The fourth-order valence-electron chi connectivity index (χ4n) is 2.29. The third-order valence-corrected chi connectivity index (χ3v) is 4.61. The molecule has 0 atom stereocenters. The second-order valence-electron chi connectivity index (χ2n) is 4.95. The van der Waals surface area contributed by atoms with Crippen LogP contribution < -0.4 is 10.2 Å². The Balaban J connectivity index is 1.53. The number of piperazine rings is 1. The Kier molecular flexibility index (Phi) is 4.47. The van der Waals surface area contributed by atoms with Crippen molar-refractivity contribution in [1.29, 1.82) is 0 Å². The Morgan fingerprint density at radius 2 is 2.05 bits per heavy atom. The van der Waals surface area contributed by atoms with E-state index >= 15 is 0 Å². The van der Waals surface area contributed by atoms with E-state index in [4.69, 9.17) is 0 Å². The lowest BCUT2D eigenvalue weighted by atomic mass is 10.3. The Labute approximate surface area is 133 Å². The lowest BCUT2D eigenvalue weighted by Crippen LogP contribution is -2.50. The van der Waals surface area contributed by atoms with E-state index in [0.717, 1.165) is 25.3 Å². The zero-order valence-corrected chi connectivity index (χ0v) is 13.2. The molecule has 2 aromatic rings. The molecule has 116 valence electrons. The smallest absolute Gasteiger partial charge is 0.323 e. The van der Waals surface area contributed by atoms with Crippen molar-refractivity contribution in [3.8, 4) is 0 Å². The zero-order chi connectivity index (χ0) is 15.4. The highest BCUT2D eigenvalue weighted by molar-refractivity contribution is 7.15.